The van der Waals surface area contributed by atoms with E-state index in [0.717, 1.165) is 21.2 Å². The SMILES string of the molecule is COC(=O)[C@H](Cc1ccc(-c2c(C(F)(F)F)n(C)c(=O)n(C)c2=O)cc1)NC(=O)c1c(Cl)cccc1Cl. The van der Waals surface area contributed by atoms with E-state index in [2.05, 4.69) is 5.32 Å². The summed E-state index contributed by atoms with van der Waals surface area (Å²) in [7, 11) is 3.14. The van der Waals surface area contributed by atoms with Crippen molar-refractivity contribution in [3.05, 3.63) is 90.2 Å². The Morgan fingerprint density at radius 3 is 2.08 bits per heavy atom. The number of ether oxygens (including phenoxy) is 1. The van der Waals surface area contributed by atoms with Crippen molar-refractivity contribution >= 4 is 35.1 Å². The minimum atomic E-state index is -4.98. The number of alkyl halides is 3. The lowest BCUT2D eigenvalue weighted by atomic mass is 9.99. The van der Waals surface area contributed by atoms with Crippen LogP contribution in [0.4, 0.5) is 13.2 Å². The maximum Gasteiger partial charge on any atom is 0.432 e. The van der Waals surface area contributed by atoms with Crippen molar-refractivity contribution in [2.75, 3.05) is 7.11 Å². The zero-order chi connectivity index (χ0) is 27.7. The zero-order valence-electron chi connectivity index (χ0n) is 19.7. The third-order valence-electron chi connectivity index (χ3n) is 5.60. The van der Waals surface area contributed by atoms with Crippen molar-refractivity contribution in [2.24, 2.45) is 14.1 Å². The second-order valence-electron chi connectivity index (χ2n) is 7.97. The molecule has 0 fully saturated rings. The van der Waals surface area contributed by atoms with Crippen molar-refractivity contribution in [2.45, 2.75) is 18.6 Å². The number of halogens is 5. The van der Waals surface area contributed by atoms with Crippen LogP contribution in [0.3, 0.4) is 0 Å². The molecule has 0 unspecified atom stereocenters. The van der Waals surface area contributed by atoms with Crippen molar-refractivity contribution in [3.63, 3.8) is 0 Å². The monoisotopic (exact) mass is 557 g/mol. The minimum Gasteiger partial charge on any atom is -0.467 e. The molecule has 37 heavy (non-hydrogen) atoms. The molecule has 2 aromatic carbocycles. The molecule has 1 aromatic heterocycles. The molecular formula is C24H20Cl2F3N3O5. The summed E-state index contributed by atoms with van der Waals surface area (Å²) in [5, 5.41) is 2.63. The van der Waals surface area contributed by atoms with Crippen LogP contribution in [0.1, 0.15) is 21.6 Å². The molecule has 0 saturated carbocycles. The van der Waals surface area contributed by atoms with Crippen molar-refractivity contribution < 1.29 is 27.5 Å². The minimum absolute atomic E-state index is 0.0414. The van der Waals surface area contributed by atoms with Crippen LogP contribution in [-0.2, 0) is 36.2 Å². The lowest BCUT2D eigenvalue weighted by Crippen LogP contribution is -2.43. The van der Waals surface area contributed by atoms with E-state index in [0.29, 0.717) is 14.7 Å². The van der Waals surface area contributed by atoms with Gasteiger partial charge in [0.2, 0.25) is 0 Å². The fourth-order valence-corrected chi connectivity index (χ4v) is 4.33. The van der Waals surface area contributed by atoms with E-state index >= 15 is 0 Å². The van der Waals surface area contributed by atoms with Gasteiger partial charge in [-0.3, -0.25) is 18.7 Å². The molecule has 13 heteroatoms. The van der Waals surface area contributed by atoms with Crippen LogP contribution in [0.25, 0.3) is 11.1 Å². The highest BCUT2D eigenvalue weighted by molar-refractivity contribution is 6.39. The summed E-state index contributed by atoms with van der Waals surface area (Å²) >= 11 is 12.1. The number of nitrogens with zero attached hydrogens (tertiary/aromatic N) is 2. The first-order chi connectivity index (χ1) is 17.3. The largest absolute Gasteiger partial charge is 0.467 e. The normalized spacial score (nSPS) is 12.2. The van der Waals surface area contributed by atoms with E-state index in [4.69, 9.17) is 27.9 Å². The fourth-order valence-electron chi connectivity index (χ4n) is 3.76. The molecule has 0 spiro atoms. The molecule has 1 N–H and O–H groups in total. The van der Waals surface area contributed by atoms with Gasteiger partial charge >= 0.3 is 17.8 Å². The summed E-state index contributed by atoms with van der Waals surface area (Å²) in [4.78, 5) is 49.8. The second kappa shape index (κ2) is 10.8. The number of rotatable bonds is 6. The molecular weight excluding hydrogens is 538 g/mol. The van der Waals surface area contributed by atoms with Gasteiger partial charge in [-0.15, -0.1) is 0 Å². The van der Waals surface area contributed by atoms with Gasteiger partial charge in [0.1, 0.15) is 11.7 Å². The molecule has 0 aliphatic carbocycles. The van der Waals surface area contributed by atoms with Gasteiger partial charge in [0.25, 0.3) is 11.5 Å². The lowest BCUT2D eigenvalue weighted by Gasteiger charge is -2.19. The van der Waals surface area contributed by atoms with Gasteiger partial charge in [0.15, 0.2) is 0 Å². The third kappa shape index (κ3) is 5.72. The second-order valence-corrected chi connectivity index (χ2v) is 8.79. The third-order valence-corrected chi connectivity index (χ3v) is 6.23. The summed E-state index contributed by atoms with van der Waals surface area (Å²) in [5.74, 6) is -1.52. The molecule has 8 nitrogen and oxygen atoms in total. The highest BCUT2D eigenvalue weighted by Crippen LogP contribution is 2.34. The Kier molecular flexibility index (Phi) is 8.19. The Labute approximate surface area is 218 Å². The summed E-state index contributed by atoms with van der Waals surface area (Å²) < 4.78 is 47.0. The van der Waals surface area contributed by atoms with Crippen LogP contribution in [0, 0.1) is 0 Å². The number of aromatic nitrogens is 2. The van der Waals surface area contributed by atoms with E-state index in [1.54, 1.807) is 6.07 Å². The van der Waals surface area contributed by atoms with Gasteiger partial charge in [-0.05, 0) is 23.3 Å². The van der Waals surface area contributed by atoms with Crippen molar-refractivity contribution in [3.8, 4) is 11.1 Å². The predicted octanol–water partition coefficient (Wildman–Crippen LogP) is 3.59. The Morgan fingerprint density at radius 1 is 1.00 bits per heavy atom. The Hall–Kier alpha value is -3.57. The molecule has 1 heterocycles. The summed E-state index contributed by atoms with van der Waals surface area (Å²) in [6.07, 6.45) is -5.08. The van der Waals surface area contributed by atoms with Crippen LogP contribution < -0.4 is 16.6 Å². The van der Waals surface area contributed by atoms with E-state index in [1.165, 1.54) is 36.4 Å². The number of hydrogen-bond donors (Lipinski definition) is 1. The fraction of sp³-hybridized carbons (Fsp3) is 0.250. The predicted molar refractivity (Wildman–Crippen MR) is 131 cm³/mol. The van der Waals surface area contributed by atoms with Gasteiger partial charge in [-0.2, -0.15) is 13.2 Å². The maximum atomic E-state index is 13.8. The van der Waals surface area contributed by atoms with Crippen molar-refractivity contribution in [1.82, 2.24) is 14.5 Å². The van der Waals surface area contributed by atoms with E-state index in [9.17, 15) is 32.3 Å². The first-order valence-corrected chi connectivity index (χ1v) is 11.3. The first-order valence-electron chi connectivity index (χ1n) is 10.6. The molecule has 1 atom stereocenters. The molecule has 0 radical (unpaired) electrons. The topological polar surface area (TPSA) is 99.4 Å². The van der Waals surface area contributed by atoms with Gasteiger partial charge < -0.3 is 10.1 Å². The number of carbonyl (C=O) groups excluding carboxylic acids is 2. The van der Waals surface area contributed by atoms with Crippen LogP contribution in [0.15, 0.2) is 52.1 Å². The molecule has 0 aliphatic rings. The van der Waals surface area contributed by atoms with E-state index < -0.39 is 46.6 Å². The summed E-state index contributed by atoms with van der Waals surface area (Å²) in [5.41, 5.74) is -4.01. The Morgan fingerprint density at radius 2 is 1.57 bits per heavy atom. The van der Waals surface area contributed by atoms with Gasteiger partial charge in [-0.1, -0.05) is 53.5 Å². The average Bonchev–Trinajstić information content (AvgIpc) is 2.83. The zero-order valence-corrected chi connectivity index (χ0v) is 21.2. The quantitative estimate of drug-likeness (QED) is 0.467. The standard InChI is InChI=1S/C24H20Cl2F3N3O5/c1-31-19(24(27,28)29)17(21(34)32(2)23(31)36)13-9-7-12(8-10-13)11-16(22(35)37-3)30-20(33)18-14(25)5-4-6-15(18)26/h4-10,16H,11H2,1-3H3,(H,30,33)/t16-/m0/s1. The van der Waals surface area contributed by atoms with Crippen LogP contribution in [0.2, 0.25) is 10.0 Å². The number of amides is 1. The molecule has 1 amide bonds. The Balaban J connectivity index is 1.97. The van der Waals surface area contributed by atoms with Crippen LogP contribution in [0.5, 0.6) is 0 Å². The van der Waals surface area contributed by atoms with E-state index in [-0.39, 0.29) is 27.6 Å². The molecule has 0 saturated heterocycles. The molecule has 0 aliphatic heterocycles. The maximum absolute atomic E-state index is 13.8. The Bertz CT molecular complexity index is 1460. The van der Waals surface area contributed by atoms with Crippen LogP contribution in [-0.4, -0.2) is 34.2 Å². The summed E-state index contributed by atoms with van der Waals surface area (Å²) in [6.45, 7) is 0. The highest BCUT2D eigenvalue weighted by atomic mass is 35.5. The average molecular weight is 558 g/mol. The number of hydrogen-bond acceptors (Lipinski definition) is 5. The van der Waals surface area contributed by atoms with Crippen LogP contribution >= 0.6 is 23.2 Å². The first kappa shape index (κ1) is 28.0. The number of methoxy groups -OCH3 is 1. The van der Waals surface area contributed by atoms with Gasteiger partial charge in [0.05, 0.1) is 28.3 Å². The van der Waals surface area contributed by atoms with Gasteiger partial charge in [-0.25, -0.2) is 9.59 Å². The summed E-state index contributed by atoms with van der Waals surface area (Å²) in [6, 6.07) is 8.56. The smallest absolute Gasteiger partial charge is 0.432 e. The number of benzene rings is 2. The van der Waals surface area contributed by atoms with Gasteiger partial charge in [0, 0.05) is 20.5 Å². The number of nitrogens with one attached hydrogen (secondary N) is 1. The molecule has 196 valence electrons. The molecule has 3 aromatic rings. The van der Waals surface area contributed by atoms with Crippen molar-refractivity contribution in [1.29, 1.82) is 0 Å². The lowest BCUT2D eigenvalue weighted by molar-refractivity contribution is -0.144. The molecule has 3 rings (SSSR count). The number of esters is 1. The van der Waals surface area contributed by atoms with E-state index in [1.807, 2.05) is 0 Å². The number of carbonyl (C=O) groups is 2. The highest BCUT2D eigenvalue weighted by Gasteiger charge is 2.39. The molecule has 0 bridgehead atoms.